The largest absolute Gasteiger partial charge is 0.497 e. The normalized spacial score (nSPS) is 24.4. The number of aliphatic hydroxyl groups is 1. The number of hydrogen-bond donors (Lipinski definition) is 4. The van der Waals surface area contributed by atoms with E-state index in [4.69, 9.17) is 9.47 Å². The summed E-state index contributed by atoms with van der Waals surface area (Å²) in [4.78, 5) is 39.7. The van der Waals surface area contributed by atoms with Crippen LogP contribution >= 0.6 is 0 Å². The third-order valence-electron chi connectivity index (χ3n) is 6.72. The van der Waals surface area contributed by atoms with E-state index in [2.05, 4.69) is 16.0 Å². The molecule has 2 amide bonds. The van der Waals surface area contributed by atoms with Crippen molar-refractivity contribution >= 4 is 17.6 Å². The summed E-state index contributed by atoms with van der Waals surface area (Å²) in [5.74, 6) is -0.474. The molecule has 0 unspecified atom stereocenters. The summed E-state index contributed by atoms with van der Waals surface area (Å²) >= 11 is 0. The smallest absolute Gasteiger partial charge is 0.243 e. The molecular weight excluding hydrogens is 462 g/mol. The molecule has 2 aliphatic rings. The van der Waals surface area contributed by atoms with Crippen molar-refractivity contribution in [3.63, 3.8) is 0 Å². The van der Waals surface area contributed by atoms with Gasteiger partial charge in [0.1, 0.15) is 23.4 Å². The van der Waals surface area contributed by atoms with Crippen molar-refractivity contribution < 1.29 is 29.0 Å². The molecule has 0 spiro atoms. The van der Waals surface area contributed by atoms with Crippen LogP contribution in [-0.2, 0) is 32.0 Å². The standard InChI is InChI=1S/C27H33N3O6/c1-27(16-36-27)24(32)20(14-17-6-4-3-5-7-17)29-25(33)21(15-18-8-10-19(35-2)11-9-18)30-26(34)23-22(31)12-13-28-23/h3-11,20-23,28,31H,12-16H2,1-2H3,(H,29,33)(H,30,34)/t20-,21-,22-,23+,27+/m0/s1. The molecule has 192 valence electrons. The minimum Gasteiger partial charge on any atom is -0.497 e. The third kappa shape index (κ3) is 6.29. The molecular formula is C27H33N3O6. The minimum absolute atomic E-state index is 0.199. The number of aliphatic hydroxyl groups excluding tert-OH is 1. The molecule has 36 heavy (non-hydrogen) atoms. The van der Waals surface area contributed by atoms with Gasteiger partial charge < -0.3 is 30.5 Å². The van der Waals surface area contributed by atoms with Gasteiger partial charge >= 0.3 is 0 Å². The van der Waals surface area contributed by atoms with E-state index < -0.39 is 41.6 Å². The van der Waals surface area contributed by atoms with Crippen LogP contribution in [0.15, 0.2) is 54.6 Å². The Kier molecular flexibility index (Phi) is 8.03. The molecule has 0 radical (unpaired) electrons. The lowest BCUT2D eigenvalue weighted by atomic mass is 9.94. The molecule has 9 nitrogen and oxygen atoms in total. The maximum atomic E-state index is 13.5. The number of epoxide rings is 1. The number of amides is 2. The summed E-state index contributed by atoms with van der Waals surface area (Å²) in [6.45, 7) is 2.54. The molecule has 4 N–H and O–H groups in total. The van der Waals surface area contributed by atoms with Crippen LogP contribution in [0.1, 0.15) is 24.5 Å². The van der Waals surface area contributed by atoms with E-state index in [0.717, 1.165) is 11.1 Å². The molecule has 4 rings (SSSR count). The zero-order valence-corrected chi connectivity index (χ0v) is 20.5. The molecule has 0 aliphatic carbocycles. The first kappa shape index (κ1) is 25.8. The van der Waals surface area contributed by atoms with Crippen molar-refractivity contribution in [2.45, 2.75) is 56.0 Å². The van der Waals surface area contributed by atoms with Crippen molar-refractivity contribution in [3.05, 3.63) is 65.7 Å². The van der Waals surface area contributed by atoms with Crippen molar-refractivity contribution in [3.8, 4) is 5.75 Å². The topological polar surface area (TPSA) is 129 Å². The quantitative estimate of drug-likeness (QED) is 0.335. The summed E-state index contributed by atoms with van der Waals surface area (Å²) in [6.07, 6.45) is 0.134. The molecule has 0 aromatic heterocycles. The van der Waals surface area contributed by atoms with Gasteiger partial charge in [0.15, 0.2) is 5.78 Å². The van der Waals surface area contributed by atoms with E-state index in [0.29, 0.717) is 31.7 Å². The van der Waals surface area contributed by atoms with Gasteiger partial charge in [-0.1, -0.05) is 42.5 Å². The predicted octanol–water partition coefficient (Wildman–Crippen LogP) is 0.531. The van der Waals surface area contributed by atoms with E-state index >= 15 is 0 Å². The molecule has 9 heteroatoms. The van der Waals surface area contributed by atoms with Gasteiger partial charge in [-0.05, 0) is 49.6 Å². The van der Waals surface area contributed by atoms with Crippen LogP contribution in [0.25, 0.3) is 0 Å². The van der Waals surface area contributed by atoms with Gasteiger partial charge in [0.2, 0.25) is 11.8 Å². The third-order valence-corrected chi connectivity index (χ3v) is 6.72. The van der Waals surface area contributed by atoms with Crippen LogP contribution < -0.4 is 20.7 Å². The van der Waals surface area contributed by atoms with Crippen LogP contribution in [0, 0.1) is 0 Å². The summed E-state index contributed by atoms with van der Waals surface area (Å²) < 4.78 is 10.6. The highest BCUT2D eigenvalue weighted by atomic mass is 16.6. The van der Waals surface area contributed by atoms with E-state index in [1.165, 1.54) is 0 Å². The maximum Gasteiger partial charge on any atom is 0.243 e. The predicted molar refractivity (Wildman–Crippen MR) is 132 cm³/mol. The lowest BCUT2D eigenvalue weighted by molar-refractivity contribution is -0.133. The Labute approximate surface area is 210 Å². The van der Waals surface area contributed by atoms with Crippen molar-refractivity contribution in [1.29, 1.82) is 0 Å². The number of carbonyl (C=O) groups is 3. The fourth-order valence-corrected chi connectivity index (χ4v) is 4.38. The van der Waals surface area contributed by atoms with Gasteiger partial charge in [0, 0.05) is 6.42 Å². The monoisotopic (exact) mass is 495 g/mol. The fraction of sp³-hybridized carbons (Fsp3) is 0.444. The Bertz CT molecular complexity index is 1070. The Balaban J connectivity index is 1.53. The SMILES string of the molecule is COc1ccc(C[C@H](NC(=O)[C@@H]2NCC[C@@H]2O)C(=O)N[C@@H](Cc2ccccc2)C(=O)[C@@]2(C)CO2)cc1. The number of hydrogen-bond acceptors (Lipinski definition) is 7. The van der Waals surface area contributed by atoms with Crippen molar-refractivity contribution in [2.75, 3.05) is 20.3 Å². The molecule has 2 fully saturated rings. The second-order valence-electron chi connectivity index (χ2n) is 9.54. The number of benzene rings is 2. The van der Waals surface area contributed by atoms with Crippen LogP contribution in [0.3, 0.4) is 0 Å². The van der Waals surface area contributed by atoms with Gasteiger partial charge in [-0.25, -0.2) is 0 Å². The Morgan fingerprint density at radius 1 is 1.06 bits per heavy atom. The average Bonchev–Trinajstić information content (AvgIpc) is 3.49. The average molecular weight is 496 g/mol. The van der Waals surface area contributed by atoms with Crippen LogP contribution in [0.5, 0.6) is 5.75 Å². The van der Waals surface area contributed by atoms with Gasteiger partial charge in [-0.15, -0.1) is 0 Å². The first-order chi connectivity index (χ1) is 17.3. The van der Waals surface area contributed by atoms with Crippen LogP contribution in [-0.4, -0.2) is 72.8 Å². The molecule has 2 saturated heterocycles. The Morgan fingerprint density at radius 2 is 1.69 bits per heavy atom. The summed E-state index contributed by atoms with van der Waals surface area (Å²) in [5.41, 5.74) is 0.785. The Hall–Kier alpha value is -3.27. The molecule has 5 atom stereocenters. The number of ketones is 1. The highest BCUT2D eigenvalue weighted by Crippen LogP contribution is 2.29. The molecule has 0 saturated carbocycles. The molecule has 2 heterocycles. The van der Waals surface area contributed by atoms with Crippen LogP contribution in [0.4, 0.5) is 0 Å². The molecule has 2 aromatic carbocycles. The fourth-order valence-electron chi connectivity index (χ4n) is 4.38. The van der Waals surface area contributed by atoms with Crippen molar-refractivity contribution in [1.82, 2.24) is 16.0 Å². The number of Topliss-reactive ketones (excluding diaryl/α,β-unsaturated/α-hetero) is 1. The summed E-state index contributed by atoms with van der Waals surface area (Å²) in [6, 6.07) is 14.0. The number of carbonyl (C=O) groups excluding carboxylic acids is 3. The van der Waals surface area contributed by atoms with Crippen molar-refractivity contribution in [2.24, 2.45) is 0 Å². The number of ether oxygens (including phenoxy) is 2. The zero-order valence-electron chi connectivity index (χ0n) is 20.5. The second kappa shape index (κ2) is 11.2. The lowest BCUT2D eigenvalue weighted by Gasteiger charge is -2.25. The summed E-state index contributed by atoms with van der Waals surface area (Å²) in [5, 5.41) is 18.8. The van der Waals surface area contributed by atoms with Gasteiger partial charge in [-0.2, -0.15) is 0 Å². The molecule has 0 bridgehead atoms. The number of methoxy groups -OCH3 is 1. The van der Waals surface area contributed by atoms with E-state index in [1.807, 2.05) is 42.5 Å². The first-order valence-electron chi connectivity index (χ1n) is 12.2. The van der Waals surface area contributed by atoms with Gasteiger partial charge in [-0.3, -0.25) is 14.4 Å². The van der Waals surface area contributed by atoms with Gasteiger partial charge in [0.05, 0.1) is 25.9 Å². The lowest BCUT2D eigenvalue weighted by Crippen LogP contribution is -2.57. The molecule has 2 aliphatic heterocycles. The Morgan fingerprint density at radius 3 is 2.28 bits per heavy atom. The van der Waals surface area contributed by atoms with Crippen LogP contribution in [0.2, 0.25) is 0 Å². The maximum absolute atomic E-state index is 13.5. The number of rotatable bonds is 11. The van der Waals surface area contributed by atoms with Gasteiger partial charge in [0.25, 0.3) is 0 Å². The zero-order chi connectivity index (χ0) is 25.7. The van der Waals surface area contributed by atoms with E-state index in [-0.39, 0.29) is 12.2 Å². The minimum atomic E-state index is -0.959. The summed E-state index contributed by atoms with van der Waals surface area (Å²) in [7, 11) is 1.57. The van der Waals surface area contributed by atoms with E-state index in [1.54, 1.807) is 26.2 Å². The van der Waals surface area contributed by atoms with E-state index in [9.17, 15) is 19.5 Å². The second-order valence-corrected chi connectivity index (χ2v) is 9.54. The number of nitrogens with one attached hydrogen (secondary N) is 3. The highest BCUT2D eigenvalue weighted by molar-refractivity contribution is 5.98. The first-order valence-corrected chi connectivity index (χ1v) is 12.2. The highest BCUT2D eigenvalue weighted by Gasteiger charge is 2.50. The molecule has 2 aromatic rings.